The molecule has 1 aliphatic heterocycles. The molecule has 0 radical (unpaired) electrons. The normalized spacial score (nSPS) is 29.3. The van der Waals surface area contributed by atoms with Gasteiger partial charge in [0.2, 0.25) is 5.91 Å². The third-order valence-electron chi connectivity index (χ3n) is 2.48. The van der Waals surface area contributed by atoms with Gasteiger partial charge in [0.05, 0.1) is 6.10 Å². The quantitative estimate of drug-likeness (QED) is 0.694. The number of carbonyl (C=O) groups is 1. The number of rotatable bonds is 3. The fraction of sp³-hybridized carbons (Fsp3) is 0.889. The number of amides is 1. The Kier molecular flexibility index (Phi) is 4.16. The van der Waals surface area contributed by atoms with Crippen LogP contribution in [-0.4, -0.2) is 53.7 Å². The second-order valence-corrected chi connectivity index (χ2v) is 3.99. The Morgan fingerprint density at radius 1 is 1.71 bits per heavy atom. The summed E-state index contributed by atoms with van der Waals surface area (Å²) in [6, 6.07) is 0. The maximum absolute atomic E-state index is 11.6. The molecule has 1 amide bonds. The van der Waals surface area contributed by atoms with E-state index < -0.39 is 11.5 Å². The molecule has 1 aliphatic rings. The second kappa shape index (κ2) is 4.96. The Balaban J connectivity index is 2.52. The number of likely N-dealkylation sites (tertiary alicyclic amines) is 1. The van der Waals surface area contributed by atoms with Crippen LogP contribution in [0.4, 0.5) is 0 Å². The minimum absolute atomic E-state index is 0.118. The first-order valence-electron chi connectivity index (χ1n) is 4.73. The van der Waals surface area contributed by atoms with Crippen LogP contribution < -0.4 is 0 Å². The first-order valence-corrected chi connectivity index (χ1v) is 5.17. The zero-order valence-corrected chi connectivity index (χ0v) is 9.20. The van der Waals surface area contributed by atoms with E-state index in [0.29, 0.717) is 19.5 Å². The zero-order valence-electron chi connectivity index (χ0n) is 8.44. The molecule has 0 saturated carbocycles. The second-order valence-electron chi connectivity index (χ2n) is 3.46. The number of β-amino-alcohol motifs (C(OH)–C–C–N with tert-alkyl or cyclic N) is 1. The maximum atomic E-state index is 11.6. The Hall–Kier alpha value is -0.320. The van der Waals surface area contributed by atoms with Gasteiger partial charge in [0.25, 0.3) is 0 Å². The Bertz CT molecular complexity index is 212. The fourth-order valence-electron chi connectivity index (χ4n) is 1.54. The number of alkyl halides is 1. The van der Waals surface area contributed by atoms with Crippen molar-refractivity contribution in [1.82, 2.24) is 4.90 Å². The molecule has 0 bridgehead atoms. The molecule has 14 heavy (non-hydrogen) atoms. The Morgan fingerprint density at radius 3 is 2.79 bits per heavy atom. The largest absolute Gasteiger partial charge is 0.388 e. The summed E-state index contributed by atoms with van der Waals surface area (Å²) < 4.78 is 5.03. The summed E-state index contributed by atoms with van der Waals surface area (Å²) >= 11 is 5.82. The van der Waals surface area contributed by atoms with Gasteiger partial charge >= 0.3 is 0 Å². The first-order chi connectivity index (χ1) is 6.60. The molecule has 1 rings (SSSR count). The number of hydrogen-bond donors (Lipinski definition) is 1. The van der Waals surface area contributed by atoms with E-state index in [4.69, 9.17) is 16.3 Å². The first kappa shape index (κ1) is 11.8. The van der Waals surface area contributed by atoms with Crippen molar-refractivity contribution in [2.45, 2.75) is 30.9 Å². The van der Waals surface area contributed by atoms with Crippen LogP contribution in [-0.2, 0) is 9.53 Å². The molecule has 0 spiro atoms. The lowest BCUT2D eigenvalue weighted by atomic mass is 10.3. The average Bonchev–Trinajstić information content (AvgIpc) is 2.57. The highest BCUT2D eigenvalue weighted by atomic mass is 35.5. The van der Waals surface area contributed by atoms with Crippen LogP contribution in [0, 0.1) is 0 Å². The highest BCUT2D eigenvalue weighted by Gasteiger charge is 2.35. The van der Waals surface area contributed by atoms with Crippen molar-refractivity contribution in [1.29, 1.82) is 0 Å². The smallest absolute Gasteiger partial charge is 0.240 e. The van der Waals surface area contributed by atoms with E-state index in [-0.39, 0.29) is 12.0 Å². The number of methoxy groups -OCH3 is 1. The topological polar surface area (TPSA) is 49.8 Å². The Labute approximate surface area is 88.8 Å². The summed E-state index contributed by atoms with van der Waals surface area (Å²) in [7, 11) is 1.53. The minimum Gasteiger partial charge on any atom is -0.388 e. The zero-order chi connectivity index (χ0) is 10.7. The highest BCUT2D eigenvalue weighted by molar-refractivity contribution is 6.30. The molecule has 1 fully saturated rings. The van der Waals surface area contributed by atoms with Crippen molar-refractivity contribution in [3.8, 4) is 0 Å². The van der Waals surface area contributed by atoms with E-state index in [9.17, 15) is 9.90 Å². The molecule has 0 aromatic rings. The van der Waals surface area contributed by atoms with Gasteiger partial charge in [-0.25, -0.2) is 0 Å². The molecule has 0 aromatic carbocycles. The minimum atomic E-state index is -0.593. The molecule has 1 saturated heterocycles. The fourth-order valence-corrected chi connectivity index (χ4v) is 1.68. The lowest BCUT2D eigenvalue weighted by Crippen LogP contribution is -2.35. The van der Waals surface area contributed by atoms with E-state index in [0.717, 1.165) is 0 Å². The maximum Gasteiger partial charge on any atom is 0.240 e. The van der Waals surface area contributed by atoms with Crippen molar-refractivity contribution in [2.75, 3.05) is 20.2 Å². The van der Waals surface area contributed by atoms with E-state index >= 15 is 0 Å². The summed E-state index contributed by atoms with van der Waals surface area (Å²) in [6.07, 6.45) is -0.269. The van der Waals surface area contributed by atoms with Crippen LogP contribution in [0.2, 0.25) is 0 Å². The number of ether oxygens (including phenoxy) is 1. The van der Waals surface area contributed by atoms with Gasteiger partial charge in [0, 0.05) is 20.2 Å². The third kappa shape index (κ3) is 2.38. The van der Waals surface area contributed by atoms with Crippen molar-refractivity contribution < 1.29 is 14.6 Å². The molecule has 82 valence electrons. The summed E-state index contributed by atoms with van der Waals surface area (Å²) in [5, 5.41) is 9.01. The van der Waals surface area contributed by atoms with Crippen LogP contribution in [0.15, 0.2) is 0 Å². The number of carbonyl (C=O) groups excluding carboxylic acids is 1. The van der Waals surface area contributed by atoms with Gasteiger partial charge in [0.15, 0.2) is 0 Å². The van der Waals surface area contributed by atoms with Gasteiger partial charge in [0.1, 0.15) is 11.5 Å². The summed E-state index contributed by atoms with van der Waals surface area (Å²) in [6.45, 7) is 2.61. The lowest BCUT2D eigenvalue weighted by Gasteiger charge is -2.18. The summed E-state index contributed by atoms with van der Waals surface area (Å²) in [5.41, 5.74) is 0. The van der Waals surface area contributed by atoms with Crippen molar-refractivity contribution >= 4 is 17.5 Å². The van der Waals surface area contributed by atoms with E-state index in [1.807, 2.05) is 6.92 Å². The predicted octanol–water partition coefficient (Wildman–Crippen LogP) is 0.222. The van der Waals surface area contributed by atoms with Gasteiger partial charge in [-0.15, -0.1) is 11.6 Å². The SMILES string of the molecule is CC[C@H](Cl)C(=O)N1C[C@H](OC)[C@@H](O)C1. The Morgan fingerprint density at radius 2 is 2.36 bits per heavy atom. The molecule has 1 N–H and O–H groups in total. The summed E-state index contributed by atoms with van der Waals surface area (Å²) in [4.78, 5) is 13.2. The van der Waals surface area contributed by atoms with Gasteiger partial charge in [-0.2, -0.15) is 0 Å². The lowest BCUT2D eigenvalue weighted by molar-refractivity contribution is -0.130. The average molecular weight is 222 g/mol. The van der Waals surface area contributed by atoms with Crippen molar-refractivity contribution in [3.63, 3.8) is 0 Å². The van der Waals surface area contributed by atoms with Crippen molar-refractivity contribution in [2.24, 2.45) is 0 Å². The van der Waals surface area contributed by atoms with Crippen LogP contribution >= 0.6 is 11.6 Å². The van der Waals surface area contributed by atoms with Gasteiger partial charge in [-0.3, -0.25) is 4.79 Å². The standard InChI is InChI=1S/C9H16ClNO3/c1-3-6(10)9(13)11-4-7(12)8(5-11)14-2/h6-8,12H,3-5H2,1-2H3/t6-,7-,8-/m0/s1. The van der Waals surface area contributed by atoms with E-state index in [2.05, 4.69) is 0 Å². The number of hydrogen-bond acceptors (Lipinski definition) is 3. The molecule has 0 aromatic heterocycles. The number of halogens is 1. The monoisotopic (exact) mass is 221 g/mol. The van der Waals surface area contributed by atoms with E-state index in [1.165, 1.54) is 7.11 Å². The molecule has 5 heteroatoms. The molecular formula is C9H16ClNO3. The van der Waals surface area contributed by atoms with Gasteiger partial charge in [-0.1, -0.05) is 6.92 Å². The van der Waals surface area contributed by atoms with Gasteiger partial charge < -0.3 is 14.7 Å². The van der Waals surface area contributed by atoms with Crippen LogP contribution in [0.1, 0.15) is 13.3 Å². The third-order valence-corrected chi connectivity index (χ3v) is 2.97. The molecule has 1 heterocycles. The number of aliphatic hydroxyl groups excluding tert-OH is 1. The van der Waals surface area contributed by atoms with Crippen LogP contribution in [0.5, 0.6) is 0 Å². The molecule has 0 aliphatic carbocycles. The number of nitrogens with zero attached hydrogens (tertiary/aromatic N) is 1. The number of aliphatic hydroxyl groups is 1. The van der Waals surface area contributed by atoms with Crippen LogP contribution in [0.3, 0.4) is 0 Å². The molecule has 4 nitrogen and oxygen atoms in total. The molecule has 0 unspecified atom stereocenters. The van der Waals surface area contributed by atoms with Gasteiger partial charge in [-0.05, 0) is 6.42 Å². The predicted molar refractivity (Wildman–Crippen MR) is 53.3 cm³/mol. The molecular weight excluding hydrogens is 206 g/mol. The highest BCUT2D eigenvalue weighted by Crippen LogP contribution is 2.16. The van der Waals surface area contributed by atoms with E-state index in [1.54, 1.807) is 4.90 Å². The van der Waals surface area contributed by atoms with Crippen LogP contribution in [0.25, 0.3) is 0 Å². The van der Waals surface area contributed by atoms with Crippen molar-refractivity contribution in [3.05, 3.63) is 0 Å². The summed E-state index contributed by atoms with van der Waals surface area (Å²) in [5.74, 6) is -0.118. The molecule has 3 atom stereocenters.